The fourth-order valence-corrected chi connectivity index (χ4v) is 3.86. The third-order valence-corrected chi connectivity index (χ3v) is 5.36. The summed E-state index contributed by atoms with van der Waals surface area (Å²) in [6.45, 7) is 8.07. The number of carbonyl (C=O) groups excluding carboxylic acids is 1. The summed E-state index contributed by atoms with van der Waals surface area (Å²) in [5.74, 6) is 0. The summed E-state index contributed by atoms with van der Waals surface area (Å²) in [5, 5.41) is 8.52. The Morgan fingerprint density at radius 2 is 1.42 bits per heavy atom. The number of nitrogens with one attached hydrogen (secondary N) is 1. The maximum Gasteiger partial charge on any atom is 0.166 e. The largest absolute Gasteiger partial charge is 0.391 e. The molecule has 6 heteroatoms. The van der Waals surface area contributed by atoms with Gasteiger partial charge >= 0.3 is 0 Å². The highest BCUT2D eigenvalue weighted by Crippen LogP contribution is 2.30. The average molecular weight is 495 g/mol. The van der Waals surface area contributed by atoms with Crippen molar-refractivity contribution in [1.82, 2.24) is 9.88 Å². The third kappa shape index (κ3) is 11.3. The quantitative estimate of drug-likeness (QED) is 0.416. The Morgan fingerprint density at radius 1 is 0.944 bits per heavy atom. The number of hydrogen-bond donors (Lipinski definition) is 2. The van der Waals surface area contributed by atoms with E-state index in [4.69, 9.17) is 9.84 Å². The van der Waals surface area contributed by atoms with E-state index < -0.39 is 5.60 Å². The van der Waals surface area contributed by atoms with Gasteiger partial charge in [0.15, 0.2) is 6.29 Å². The van der Waals surface area contributed by atoms with E-state index >= 15 is 0 Å². The molecule has 0 atom stereocenters. The van der Waals surface area contributed by atoms with Crippen LogP contribution >= 0.6 is 0 Å². The van der Waals surface area contributed by atoms with Crippen molar-refractivity contribution < 1.29 is 19.4 Å². The molecule has 2 aromatic carbocycles. The lowest BCUT2D eigenvalue weighted by Crippen LogP contribution is -2.37. The number of aromatic nitrogens is 1. The Kier molecular flexibility index (Phi) is 12.6. The summed E-state index contributed by atoms with van der Waals surface area (Å²) in [6.07, 6.45) is 3.10. The number of benzene rings is 2. The number of H-pyrrole nitrogens is 1. The lowest BCUT2D eigenvalue weighted by Gasteiger charge is -2.34. The summed E-state index contributed by atoms with van der Waals surface area (Å²) in [4.78, 5) is 16.4. The molecule has 196 valence electrons. The summed E-state index contributed by atoms with van der Waals surface area (Å²) in [5.41, 5.74) is 3.63. The van der Waals surface area contributed by atoms with Crippen molar-refractivity contribution >= 4 is 6.29 Å². The third-order valence-electron chi connectivity index (χ3n) is 5.36. The molecule has 3 aromatic rings. The van der Waals surface area contributed by atoms with Crippen LogP contribution in [-0.4, -0.2) is 60.3 Å². The van der Waals surface area contributed by atoms with Crippen LogP contribution in [0.1, 0.15) is 67.0 Å². The first kappa shape index (κ1) is 29.5. The molecule has 1 saturated heterocycles. The second-order valence-corrected chi connectivity index (χ2v) is 9.95. The predicted octanol–water partition coefficient (Wildman–Crippen LogP) is 5.64. The molecule has 2 N–H and O–H groups in total. The van der Waals surface area contributed by atoms with Crippen LogP contribution in [0, 0.1) is 0 Å². The van der Waals surface area contributed by atoms with Crippen LogP contribution in [0.25, 0.3) is 0 Å². The van der Waals surface area contributed by atoms with Gasteiger partial charge in [0.05, 0.1) is 17.4 Å². The molecule has 0 bridgehead atoms. The van der Waals surface area contributed by atoms with Gasteiger partial charge in [-0.1, -0.05) is 60.7 Å². The van der Waals surface area contributed by atoms with Crippen LogP contribution in [0.4, 0.5) is 0 Å². The van der Waals surface area contributed by atoms with E-state index in [1.807, 2.05) is 24.3 Å². The van der Waals surface area contributed by atoms with Gasteiger partial charge in [-0.25, -0.2) is 0 Å². The highest BCUT2D eigenvalue weighted by molar-refractivity contribution is 5.71. The Labute approximate surface area is 216 Å². The molecule has 0 amide bonds. The second kappa shape index (κ2) is 15.4. The van der Waals surface area contributed by atoms with Gasteiger partial charge in [-0.3, -0.25) is 9.69 Å². The van der Waals surface area contributed by atoms with Gasteiger partial charge in [0, 0.05) is 39.5 Å². The van der Waals surface area contributed by atoms with E-state index in [-0.39, 0.29) is 12.2 Å². The van der Waals surface area contributed by atoms with Crippen molar-refractivity contribution in [3.63, 3.8) is 0 Å². The minimum absolute atomic E-state index is 0.0301. The van der Waals surface area contributed by atoms with Gasteiger partial charge in [0.1, 0.15) is 6.10 Å². The molecule has 4 rings (SSSR count). The number of aldehydes is 1. The number of piperidine rings is 1. The Morgan fingerprint density at radius 3 is 1.83 bits per heavy atom. The molecular weight excluding hydrogens is 452 g/mol. The zero-order valence-corrected chi connectivity index (χ0v) is 22.3. The minimum atomic E-state index is -0.500. The molecule has 1 fully saturated rings. The van der Waals surface area contributed by atoms with Gasteiger partial charge in [-0.15, -0.1) is 0 Å². The number of carbonyl (C=O) groups is 1. The van der Waals surface area contributed by atoms with E-state index in [0.29, 0.717) is 5.69 Å². The molecule has 2 heterocycles. The zero-order chi connectivity index (χ0) is 26.4. The molecule has 1 aromatic heterocycles. The lowest BCUT2D eigenvalue weighted by molar-refractivity contribution is -0.0282. The molecule has 6 nitrogen and oxygen atoms in total. The van der Waals surface area contributed by atoms with Crippen LogP contribution in [0.2, 0.25) is 0 Å². The minimum Gasteiger partial charge on any atom is -0.391 e. The number of hydrogen-bond acceptors (Lipinski definition) is 5. The number of likely N-dealkylation sites (tertiary alicyclic amines) is 1. The van der Waals surface area contributed by atoms with Gasteiger partial charge < -0.3 is 19.6 Å². The molecule has 0 saturated carbocycles. The van der Waals surface area contributed by atoms with Crippen LogP contribution in [0.5, 0.6) is 0 Å². The first-order chi connectivity index (χ1) is 17.2. The molecule has 0 radical (unpaired) electrons. The van der Waals surface area contributed by atoms with E-state index in [1.165, 1.54) is 11.1 Å². The monoisotopic (exact) mass is 494 g/mol. The number of nitrogens with zero attached hydrogens (tertiary/aromatic N) is 1. The summed E-state index contributed by atoms with van der Waals surface area (Å²) in [6, 6.07) is 24.8. The summed E-state index contributed by atoms with van der Waals surface area (Å²) in [7, 11) is 3.25. The predicted molar refractivity (Wildman–Crippen MR) is 145 cm³/mol. The molecule has 1 aliphatic rings. The van der Waals surface area contributed by atoms with Gasteiger partial charge in [-0.2, -0.15) is 0 Å². The van der Waals surface area contributed by atoms with Crippen LogP contribution in [0.3, 0.4) is 0 Å². The second-order valence-electron chi connectivity index (χ2n) is 9.95. The van der Waals surface area contributed by atoms with Gasteiger partial charge in [-0.05, 0) is 56.9 Å². The number of aliphatic hydroxyl groups is 1. The van der Waals surface area contributed by atoms with E-state index in [0.717, 1.165) is 44.5 Å². The van der Waals surface area contributed by atoms with Crippen molar-refractivity contribution in [2.45, 2.75) is 58.0 Å². The van der Waals surface area contributed by atoms with Crippen molar-refractivity contribution in [2.24, 2.45) is 0 Å². The van der Waals surface area contributed by atoms with Gasteiger partial charge in [0.2, 0.25) is 0 Å². The van der Waals surface area contributed by atoms with Crippen molar-refractivity contribution in [3.05, 3.63) is 95.3 Å². The number of ether oxygens (including phenoxy) is 2. The lowest BCUT2D eigenvalue weighted by atomic mass is 10.00. The molecular formula is C30H42N2O4. The van der Waals surface area contributed by atoms with E-state index in [1.54, 1.807) is 35.0 Å². The number of rotatable bonds is 7. The SMILES string of the molecule is CC(C)(C)O.COC.O=Cc1ccc(CN2CCC(OC(c3ccccc3)c3ccccc3)CC2)[nH]1. The smallest absolute Gasteiger partial charge is 0.166 e. The van der Waals surface area contributed by atoms with Crippen LogP contribution < -0.4 is 0 Å². The standard InChI is InChI=1S/C24H26N2O2.C4H10O.C2H6O/c27-18-22-12-11-21(25-22)17-26-15-13-23(14-16-26)28-24(19-7-3-1-4-8-19)20-9-5-2-6-10-20;1-4(2,3)5;1-3-2/h1-12,18,23-25H,13-17H2;5H,1-3H3;1-2H3. The fraction of sp³-hybridized carbons (Fsp3) is 0.433. The zero-order valence-electron chi connectivity index (χ0n) is 22.3. The van der Waals surface area contributed by atoms with Crippen molar-refractivity contribution in [2.75, 3.05) is 27.3 Å². The number of methoxy groups -OCH3 is 1. The Hall–Kier alpha value is -2.77. The molecule has 36 heavy (non-hydrogen) atoms. The highest BCUT2D eigenvalue weighted by Gasteiger charge is 2.25. The topological polar surface area (TPSA) is 74.8 Å². The Balaban J connectivity index is 0.000000501. The molecule has 0 unspecified atom stereocenters. The number of aromatic amines is 1. The van der Waals surface area contributed by atoms with E-state index in [9.17, 15) is 4.79 Å². The summed E-state index contributed by atoms with van der Waals surface area (Å²) >= 11 is 0. The first-order valence-corrected chi connectivity index (χ1v) is 12.5. The van der Waals surface area contributed by atoms with Crippen molar-refractivity contribution in [1.29, 1.82) is 0 Å². The highest BCUT2D eigenvalue weighted by atomic mass is 16.5. The first-order valence-electron chi connectivity index (χ1n) is 12.5. The maximum absolute atomic E-state index is 10.8. The molecule has 0 aliphatic carbocycles. The molecule has 1 aliphatic heterocycles. The van der Waals surface area contributed by atoms with Crippen LogP contribution in [-0.2, 0) is 16.0 Å². The van der Waals surface area contributed by atoms with Crippen LogP contribution in [0.15, 0.2) is 72.8 Å². The fourth-order valence-electron chi connectivity index (χ4n) is 3.86. The Bertz CT molecular complexity index is 929. The van der Waals surface area contributed by atoms with Crippen molar-refractivity contribution in [3.8, 4) is 0 Å². The summed E-state index contributed by atoms with van der Waals surface area (Å²) < 4.78 is 10.9. The van der Waals surface area contributed by atoms with E-state index in [2.05, 4.69) is 63.2 Å². The van der Waals surface area contributed by atoms with Gasteiger partial charge in [0.25, 0.3) is 0 Å². The average Bonchev–Trinajstić information content (AvgIpc) is 3.32. The molecule has 0 spiro atoms. The normalized spacial score (nSPS) is 14.4. The maximum atomic E-state index is 10.8.